The van der Waals surface area contributed by atoms with Crippen LogP contribution in [0.1, 0.15) is 22.7 Å². The molecule has 1 aliphatic rings. The quantitative estimate of drug-likeness (QED) is 0.423. The van der Waals surface area contributed by atoms with E-state index in [2.05, 4.69) is 11.1 Å². The van der Waals surface area contributed by atoms with Crippen LogP contribution in [0.2, 0.25) is 20.1 Å². The van der Waals surface area contributed by atoms with E-state index in [1.54, 1.807) is 36.4 Å². The first-order valence-corrected chi connectivity index (χ1v) is 10.8. The number of anilines is 1. The number of benzene rings is 2. The standard InChI is InChI=1S/C22H10Cl4N4O3/c23-12-3-1-9(5-14(12)25)6-16-21(31)32-19-11(8-27)17(10-2-4-13(24)15(26)7-10)18-20(30(16)19)33-22(28)29-18/h1-7,17H,(H2,28,29)/b16-6+/t17-/m0/s1. The van der Waals surface area contributed by atoms with Crippen molar-refractivity contribution in [1.82, 2.24) is 9.55 Å². The molecule has 0 aliphatic carbocycles. The smallest absolute Gasteiger partial charge is 0.362 e. The zero-order valence-electron chi connectivity index (χ0n) is 16.3. The number of aromatic nitrogens is 2. The van der Waals surface area contributed by atoms with Crippen LogP contribution in [0.15, 0.2) is 50.0 Å². The van der Waals surface area contributed by atoms with Crippen molar-refractivity contribution >= 4 is 64.1 Å². The lowest BCUT2D eigenvalue weighted by atomic mass is 9.88. The van der Waals surface area contributed by atoms with Crippen LogP contribution >= 0.6 is 46.4 Å². The molecule has 0 fully saturated rings. The zero-order chi connectivity index (χ0) is 23.4. The number of nitriles is 1. The van der Waals surface area contributed by atoms with E-state index in [0.29, 0.717) is 36.9 Å². The predicted octanol–water partition coefficient (Wildman–Crippen LogP) is 4.26. The number of oxazole rings is 2. The molecule has 4 aromatic rings. The Balaban J connectivity index is 1.86. The summed E-state index contributed by atoms with van der Waals surface area (Å²) in [6.45, 7) is 0. The van der Waals surface area contributed by atoms with E-state index in [4.69, 9.17) is 61.0 Å². The van der Waals surface area contributed by atoms with Crippen LogP contribution in [-0.4, -0.2) is 9.55 Å². The monoisotopic (exact) mass is 518 g/mol. The summed E-state index contributed by atoms with van der Waals surface area (Å²) in [5.41, 5.74) is 6.79. The highest BCUT2D eigenvalue weighted by molar-refractivity contribution is 6.42. The van der Waals surface area contributed by atoms with Gasteiger partial charge in [0.25, 0.3) is 6.01 Å². The van der Waals surface area contributed by atoms with E-state index in [-0.39, 0.29) is 28.4 Å². The number of nitrogens with two attached hydrogens (primary N) is 1. The van der Waals surface area contributed by atoms with Gasteiger partial charge in [0.15, 0.2) is 0 Å². The minimum atomic E-state index is -0.746. The van der Waals surface area contributed by atoms with Crippen molar-refractivity contribution in [3.63, 3.8) is 0 Å². The fourth-order valence-corrected chi connectivity index (χ4v) is 4.34. The largest absolute Gasteiger partial charge is 0.406 e. The molecule has 2 aromatic heterocycles. The number of rotatable bonds is 2. The average molecular weight is 520 g/mol. The lowest BCUT2D eigenvalue weighted by Crippen LogP contribution is -2.35. The van der Waals surface area contributed by atoms with E-state index in [9.17, 15) is 10.1 Å². The van der Waals surface area contributed by atoms with Gasteiger partial charge in [-0.15, -0.1) is 0 Å². The maximum Gasteiger partial charge on any atom is 0.362 e. The highest BCUT2D eigenvalue weighted by Crippen LogP contribution is 2.39. The Labute approximate surface area is 205 Å². The van der Waals surface area contributed by atoms with Gasteiger partial charge in [-0.2, -0.15) is 10.2 Å². The molecule has 2 aromatic carbocycles. The second kappa shape index (κ2) is 8.01. The van der Waals surface area contributed by atoms with Gasteiger partial charge in [-0.05, 0) is 41.5 Å². The third-order valence-electron chi connectivity index (χ3n) is 5.13. The molecular formula is C22H10Cl4N4O3. The number of nitrogen functional groups attached to an aromatic ring is 1. The van der Waals surface area contributed by atoms with Crippen LogP contribution < -0.4 is 22.3 Å². The molecule has 164 valence electrons. The summed E-state index contributed by atoms with van der Waals surface area (Å²) in [6.07, 6.45) is 1.54. The molecule has 0 bridgehead atoms. The Morgan fingerprint density at radius 3 is 2.39 bits per heavy atom. The number of hydrogen-bond acceptors (Lipinski definition) is 6. The van der Waals surface area contributed by atoms with Crippen LogP contribution in [0.3, 0.4) is 0 Å². The van der Waals surface area contributed by atoms with Crippen molar-refractivity contribution in [1.29, 1.82) is 5.26 Å². The minimum Gasteiger partial charge on any atom is -0.406 e. The van der Waals surface area contributed by atoms with Crippen LogP contribution in [0, 0.1) is 11.3 Å². The van der Waals surface area contributed by atoms with Crippen molar-refractivity contribution < 1.29 is 8.83 Å². The van der Waals surface area contributed by atoms with E-state index >= 15 is 0 Å². The van der Waals surface area contributed by atoms with Gasteiger partial charge < -0.3 is 14.6 Å². The van der Waals surface area contributed by atoms with Crippen LogP contribution in [0.5, 0.6) is 0 Å². The van der Waals surface area contributed by atoms with Crippen LogP contribution in [-0.2, 0) is 0 Å². The van der Waals surface area contributed by atoms with Crippen molar-refractivity contribution in [2.75, 3.05) is 5.73 Å². The van der Waals surface area contributed by atoms with Gasteiger partial charge in [-0.3, -0.25) is 0 Å². The summed E-state index contributed by atoms with van der Waals surface area (Å²) in [5.74, 6) is -0.598. The molecule has 1 aliphatic heterocycles. The third-order valence-corrected chi connectivity index (χ3v) is 6.61. The fraction of sp³-hybridized carbons (Fsp3) is 0.0455. The molecule has 0 amide bonds. The fourth-order valence-electron chi connectivity index (χ4n) is 3.72. The van der Waals surface area contributed by atoms with Crippen molar-refractivity contribution in [3.05, 3.63) is 94.6 Å². The summed E-state index contributed by atoms with van der Waals surface area (Å²) in [7, 11) is 0. The third kappa shape index (κ3) is 3.52. The molecule has 3 heterocycles. The molecular weight excluding hydrogens is 510 g/mol. The first-order valence-electron chi connectivity index (χ1n) is 9.33. The van der Waals surface area contributed by atoms with E-state index < -0.39 is 11.5 Å². The molecule has 0 saturated carbocycles. The maximum atomic E-state index is 12.9. The minimum absolute atomic E-state index is 0.00599. The van der Waals surface area contributed by atoms with Gasteiger partial charge in [0.05, 0.1) is 26.0 Å². The lowest BCUT2D eigenvalue weighted by Gasteiger charge is -2.19. The van der Waals surface area contributed by atoms with Crippen LogP contribution in [0.4, 0.5) is 6.01 Å². The maximum absolute atomic E-state index is 12.9. The molecule has 5 rings (SSSR count). The van der Waals surface area contributed by atoms with E-state index in [0.717, 1.165) is 0 Å². The first-order chi connectivity index (χ1) is 15.8. The van der Waals surface area contributed by atoms with Gasteiger partial charge in [-0.25, -0.2) is 9.36 Å². The van der Waals surface area contributed by atoms with Crippen molar-refractivity contribution in [2.24, 2.45) is 0 Å². The van der Waals surface area contributed by atoms with Gasteiger partial charge in [0, 0.05) is 0 Å². The van der Waals surface area contributed by atoms with Gasteiger partial charge >= 0.3 is 5.63 Å². The molecule has 0 saturated heterocycles. The Kier molecular flexibility index (Phi) is 5.26. The molecule has 33 heavy (non-hydrogen) atoms. The SMILES string of the molecule is N#CC1=c2oc(=O)/c(=C\c3ccc(Cl)c(Cl)c3)n2-c2oc(N)nc2[C@H]1c1ccc(Cl)c(Cl)c1. The molecule has 1 atom stereocenters. The number of fused-ring (bicyclic) bond motifs is 3. The highest BCUT2D eigenvalue weighted by atomic mass is 35.5. The summed E-state index contributed by atoms with van der Waals surface area (Å²) in [6, 6.07) is 11.8. The van der Waals surface area contributed by atoms with Crippen molar-refractivity contribution in [2.45, 2.75) is 5.92 Å². The van der Waals surface area contributed by atoms with Gasteiger partial charge in [0.1, 0.15) is 22.7 Å². The summed E-state index contributed by atoms with van der Waals surface area (Å²) < 4.78 is 12.5. The Morgan fingerprint density at radius 1 is 1.03 bits per heavy atom. The molecule has 0 unspecified atom stereocenters. The predicted molar refractivity (Wildman–Crippen MR) is 125 cm³/mol. The summed E-state index contributed by atoms with van der Waals surface area (Å²) >= 11 is 24.3. The number of hydrogen-bond donors (Lipinski definition) is 1. The van der Waals surface area contributed by atoms with Gasteiger partial charge in [-0.1, -0.05) is 58.5 Å². The Hall–Kier alpha value is -3.15. The Morgan fingerprint density at radius 2 is 1.73 bits per heavy atom. The first kappa shape index (κ1) is 21.7. The molecule has 0 radical (unpaired) electrons. The summed E-state index contributed by atoms with van der Waals surface area (Å²) in [5, 5.41) is 11.4. The number of nitrogens with zero attached hydrogens (tertiary/aromatic N) is 3. The Bertz CT molecular complexity index is 1680. The van der Waals surface area contributed by atoms with E-state index in [1.165, 1.54) is 10.6 Å². The highest BCUT2D eigenvalue weighted by Gasteiger charge is 2.36. The van der Waals surface area contributed by atoms with Gasteiger partial charge in [0.2, 0.25) is 11.4 Å². The van der Waals surface area contributed by atoms with E-state index in [1.807, 2.05) is 0 Å². The van der Waals surface area contributed by atoms with Crippen molar-refractivity contribution in [3.8, 4) is 12.0 Å². The normalized spacial score (nSPS) is 15.3. The summed E-state index contributed by atoms with van der Waals surface area (Å²) in [4.78, 5) is 17.1. The van der Waals surface area contributed by atoms with Crippen LogP contribution in [0.25, 0.3) is 17.5 Å². The second-order valence-corrected chi connectivity index (χ2v) is 8.74. The molecule has 7 nitrogen and oxygen atoms in total. The molecule has 11 heteroatoms. The average Bonchev–Trinajstić information content (AvgIpc) is 3.31. The molecule has 0 spiro atoms. The zero-order valence-corrected chi connectivity index (χ0v) is 19.3. The topological polar surface area (TPSA) is 111 Å². The second-order valence-electron chi connectivity index (χ2n) is 7.11. The molecule has 2 N–H and O–H groups in total. The number of halogens is 4. The lowest BCUT2D eigenvalue weighted by molar-refractivity contribution is 0.455.